The molecule has 7 nitrogen and oxygen atoms in total. The highest BCUT2D eigenvalue weighted by atomic mass is 15.2. The van der Waals surface area contributed by atoms with Gasteiger partial charge in [-0.15, -0.1) is 0 Å². The Balaban J connectivity index is 1.85. The summed E-state index contributed by atoms with van der Waals surface area (Å²) in [5.41, 5.74) is 9.11. The smallest absolute Gasteiger partial charge is 0.215 e. The minimum atomic E-state index is 0.422. The first-order valence-corrected chi connectivity index (χ1v) is 13.8. The van der Waals surface area contributed by atoms with Crippen molar-refractivity contribution in [2.75, 3.05) is 33.2 Å². The Bertz CT molecular complexity index is 1080. The number of aliphatic imine (C=N–C) groups is 2. The van der Waals surface area contributed by atoms with Crippen molar-refractivity contribution >= 4 is 12.2 Å². The van der Waals surface area contributed by atoms with Crippen molar-refractivity contribution in [3.63, 3.8) is 0 Å². The fourth-order valence-corrected chi connectivity index (χ4v) is 5.15. The predicted molar refractivity (Wildman–Crippen MR) is 156 cm³/mol. The fourth-order valence-electron chi connectivity index (χ4n) is 5.15. The zero-order valence-electron chi connectivity index (χ0n) is 23.6. The molecule has 4 N–H and O–H groups in total. The molecule has 1 fully saturated rings. The third-order valence-electron chi connectivity index (χ3n) is 7.62. The molecule has 0 spiro atoms. The Labute approximate surface area is 224 Å². The maximum Gasteiger partial charge on any atom is 0.215 e. The molecule has 7 heteroatoms. The average molecular weight is 504 g/mol. The monoisotopic (exact) mass is 503 g/mol. The van der Waals surface area contributed by atoms with Crippen molar-refractivity contribution in [3.8, 4) is 12.0 Å². The van der Waals surface area contributed by atoms with Crippen molar-refractivity contribution in [2.45, 2.75) is 60.3 Å². The van der Waals surface area contributed by atoms with Crippen LogP contribution in [0.5, 0.6) is 0 Å². The van der Waals surface area contributed by atoms with Crippen molar-refractivity contribution in [3.05, 3.63) is 52.4 Å². The Hall–Kier alpha value is -3.20. The summed E-state index contributed by atoms with van der Waals surface area (Å²) in [5.74, 6) is 5.83. The third-order valence-corrected chi connectivity index (χ3v) is 7.62. The molecular formula is C30H45N7. The second-order valence-electron chi connectivity index (χ2n) is 9.98. The van der Waals surface area contributed by atoms with Crippen LogP contribution in [0.15, 0.2) is 62.4 Å². The van der Waals surface area contributed by atoms with E-state index in [1.54, 1.807) is 0 Å². The Morgan fingerprint density at radius 3 is 2.70 bits per heavy atom. The second-order valence-corrected chi connectivity index (χ2v) is 9.98. The fraction of sp³-hybridized carbons (Fsp3) is 0.567. The van der Waals surface area contributed by atoms with Crippen molar-refractivity contribution in [1.29, 1.82) is 0 Å². The lowest BCUT2D eigenvalue weighted by Crippen LogP contribution is -2.43. The predicted octanol–water partition coefficient (Wildman–Crippen LogP) is 4.23. The average Bonchev–Trinajstić information content (AvgIpc) is 3.13. The summed E-state index contributed by atoms with van der Waals surface area (Å²) in [6.45, 7) is 19.0. The van der Waals surface area contributed by atoms with Gasteiger partial charge in [0.15, 0.2) is 0 Å². The van der Waals surface area contributed by atoms with Gasteiger partial charge in [0, 0.05) is 50.5 Å². The summed E-state index contributed by atoms with van der Waals surface area (Å²) in [6, 6.07) is 3.00. The molecule has 0 saturated carbocycles. The zero-order valence-corrected chi connectivity index (χ0v) is 23.6. The van der Waals surface area contributed by atoms with Gasteiger partial charge in [0.2, 0.25) is 5.96 Å². The van der Waals surface area contributed by atoms with E-state index >= 15 is 0 Å². The van der Waals surface area contributed by atoms with Crippen LogP contribution >= 0.6 is 0 Å². The number of allylic oxidation sites excluding steroid dienone is 4. The number of guanidine groups is 1. The molecule has 2 aliphatic heterocycles. The van der Waals surface area contributed by atoms with Gasteiger partial charge in [-0.25, -0.2) is 4.99 Å². The maximum atomic E-state index is 4.59. The van der Waals surface area contributed by atoms with E-state index in [1.807, 2.05) is 26.3 Å². The van der Waals surface area contributed by atoms with E-state index in [2.05, 4.69) is 88.1 Å². The Morgan fingerprint density at radius 2 is 2.05 bits per heavy atom. The van der Waals surface area contributed by atoms with E-state index in [4.69, 9.17) is 0 Å². The van der Waals surface area contributed by atoms with Crippen molar-refractivity contribution in [1.82, 2.24) is 26.2 Å². The van der Waals surface area contributed by atoms with Gasteiger partial charge in [-0.3, -0.25) is 0 Å². The molecule has 0 aromatic rings. The molecule has 0 bridgehead atoms. The van der Waals surface area contributed by atoms with Gasteiger partial charge in [0.05, 0.1) is 17.6 Å². The van der Waals surface area contributed by atoms with E-state index in [0.29, 0.717) is 29.5 Å². The summed E-state index contributed by atoms with van der Waals surface area (Å²) >= 11 is 0. The van der Waals surface area contributed by atoms with Crippen LogP contribution in [0.2, 0.25) is 0 Å². The van der Waals surface area contributed by atoms with Crippen LogP contribution in [0.4, 0.5) is 0 Å². The second kappa shape index (κ2) is 13.9. The van der Waals surface area contributed by atoms with Gasteiger partial charge in [-0.2, -0.15) is 4.99 Å². The van der Waals surface area contributed by atoms with E-state index in [0.717, 1.165) is 68.8 Å². The Morgan fingerprint density at radius 1 is 1.30 bits per heavy atom. The van der Waals surface area contributed by atoms with Crippen molar-refractivity contribution < 1.29 is 0 Å². The van der Waals surface area contributed by atoms with Gasteiger partial charge >= 0.3 is 0 Å². The standard InChI is InChI=1S/C30H45N7/c1-8-11-25(37-18-16-32-17-19-37)20-34-23(6)35-30-33-15-14-24-12-13-26(21(4)9-2)27(29(24)36-30)28(31-7)22(5)10-3/h8,20-22,26,31-32H,6,9-10,12-13,16-19H2,1-5,7H3,(H2,33,35,36)/b28-27+,34-20?. The molecular weight excluding hydrogens is 458 g/mol. The molecule has 3 rings (SSSR count). The van der Waals surface area contributed by atoms with Crippen LogP contribution in [0, 0.1) is 29.7 Å². The molecule has 1 aliphatic carbocycles. The minimum Gasteiger partial charge on any atom is -0.391 e. The topological polar surface area (TPSA) is 76.1 Å². The number of rotatable bonds is 9. The van der Waals surface area contributed by atoms with E-state index in [9.17, 15) is 0 Å². The molecule has 3 unspecified atom stereocenters. The largest absolute Gasteiger partial charge is 0.391 e. The lowest BCUT2D eigenvalue weighted by molar-refractivity contribution is 0.313. The molecule has 0 aromatic heterocycles. The quantitative estimate of drug-likeness (QED) is 0.215. The Kier molecular flexibility index (Phi) is 10.7. The minimum absolute atomic E-state index is 0.422. The lowest BCUT2D eigenvalue weighted by Gasteiger charge is -2.36. The summed E-state index contributed by atoms with van der Waals surface area (Å²) in [6.07, 6.45) is 8.01. The third kappa shape index (κ3) is 7.19. The first kappa shape index (κ1) is 28.4. The molecule has 200 valence electrons. The van der Waals surface area contributed by atoms with Gasteiger partial charge in [0.1, 0.15) is 5.82 Å². The van der Waals surface area contributed by atoms with Crippen LogP contribution in [0.25, 0.3) is 0 Å². The summed E-state index contributed by atoms with van der Waals surface area (Å²) in [5, 5.41) is 13.8. The number of nitrogens with one attached hydrogen (secondary N) is 4. The van der Waals surface area contributed by atoms with E-state index in [1.165, 1.54) is 11.3 Å². The SMILES string of the molecule is C=C(N=CC(=C=CC)N1CCNCC1)NC1=NC#CC2=C(N1)/C(=C(/NC)C(C)CC)C(C(C)CC)CC2. The summed E-state index contributed by atoms with van der Waals surface area (Å²) in [4.78, 5) is 11.4. The number of piperazine rings is 1. The van der Waals surface area contributed by atoms with Crippen LogP contribution < -0.4 is 21.3 Å². The molecule has 37 heavy (non-hydrogen) atoms. The summed E-state index contributed by atoms with van der Waals surface area (Å²) < 4.78 is 0. The van der Waals surface area contributed by atoms with E-state index in [-0.39, 0.29) is 0 Å². The lowest BCUT2D eigenvalue weighted by atomic mass is 9.73. The zero-order chi connectivity index (χ0) is 26.8. The van der Waals surface area contributed by atoms with Gasteiger partial charge < -0.3 is 26.2 Å². The molecule has 0 radical (unpaired) electrons. The molecule has 3 aliphatic rings. The normalized spacial score (nSPS) is 22.3. The van der Waals surface area contributed by atoms with Crippen LogP contribution in [-0.4, -0.2) is 50.3 Å². The molecule has 2 heterocycles. The number of nitrogens with zero attached hydrogens (tertiary/aromatic N) is 3. The van der Waals surface area contributed by atoms with Gasteiger partial charge in [0.25, 0.3) is 0 Å². The maximum absolute atomic E-state index is 4.59. The molecule has 0 amide bonds. The first-order valence-electron chi connectivity index (χ1n) is 13.8. The number of hydrogen-bond acceptors (Lipinski definition) is 7. The molecule has 0 aromatic carbocycles. The highest BCUT2D eigenvalue weighted by Crippen LogP contribution is 2.41. The number of hydrogen-bond donors (Lipinski definition) is 4. The molecule has 1 saturated heterocycles. The highest BCUT2D eigenvalue weighted by Gasteiger charge is 2.33. The summed E-state index contributed by atoms with van der Waals surface area (Å²) in [7, 11) is 2.04. The van der Waals surface area contributed by atoms with Crippen LogP contribution in [0.1, 0.15) is 60.3 Å². The molecule has 3 atom stereocenters. The van der Waals surface area contributed by atoms with Crippen LogP contribution in [0.3, 0.4) is 0 Å². The van der Waals surface area contributed by atoms with Crippen LogP contribution in [-0.2, 0) is 0 Å². The highest BCUT2D eigenvalue weighted by molar-refractivity contribution is 5.87. The first-order chi connectivity index (χ1) is 17.9. The van der Waals surface area contributed by atoms with Gasteiger partial charge in [-0.05, 0) is 61.5 Å². The van der Waals surface area contributed by atoms with Crippen molar-refractivity contribution in [2.24, 2.45) is 27.7 Å². The van der Waals surface area contributed by atoms with E-state index < -0.39 is 0 Å². The van der Waals surface area contributed by atoms with Gasteiger partial charge in [-0.1, -0.05) is 46.4 Å².